The summed E-state index contributed by atoms with van der Waals surface area (Å²) in [5.74, 6) is -10.6. The second kappa shape index (κ2) is 30.7. The Kier molecular flexibility index (Phi) is 26.0. The number of aliphatic hydroxyl groups is 15. The van der Waals surface area contributed by atoms with Crippen LogP contribution in [0.4, 0.5) is 0 Å². The molecule has 35 heteroatoms. The zero-order valence-corrected chi connectivity index (χ0v) is 44.9. The average Bonchev–Trinajstić information content (AvgIpc) is 3.37. The molecule has 0 bridgehead atoms. The number of carboxylic acids is 1. The van der Waals surface area contributed by atoms with Gasteiger partial charge in [0.1, 0.15) is 110 Å². The highest BCUT2D eigenvalue weighted by Crippen LogP contribution is 2.40. The Labute approximate surface area is 467 Å². The maximum Gasteiger partial charge on any atom is 0.364 e. The van der Waals surface area contributed by atoms with Gasteiger partial charge in [0.2, 0.25) is 23.5 Å². The SMILES string of the molecule is CC(=O)N[C@@H]1C([C@H](O)[C@H](O)CO)O[C@](OC2[C@@H](O)C(CO)O[C@@H](OC3[C@H](O)C(CO[C@]4(C=O)C[C@@H](O)[C@@H](NC(C)=O)C([C@H](O)[C@H](O)CO)O4)O[C@@H](OC4[C@@H](O)C(CO)O[C@@H](OCCCCCN)[C@H]4O)[C@H]3NC(C)=O)[C@H]2O)(C(=O)O)C[C@@H]1O. The van der Waals surface area contributed by atoms with Gasteiger partial charge in [-0.3, -0.25) is 19.2 Å². The number of carbonyl (C=O) groups excluding carboxylic acids is 4. The number of amides is 3. The lowest BCUT2D eigenvalue weighted by atomic mass is 9.88. The maximum absolute atomic E-state index is 13.2. The summed E-state index contributed by atoms with van der Waals surface area (Å²) in [6, 6.07) is -5.20. The third-order valence-electron chi connectivity index (χ3n) is 14.5. The molecule has 0 aromatic carbocycles. The van der Waals surface area contributed by atoms with E-state index in [9.17, 15) is 106 Å². The van der Waals surface area contributed by atoms with Crippen molar-refractivity contribution in [2.45, 2.75) is 217 Å². The van der Waals surface area contributed by atoms with Gasteiger partial charge >= 0.3 is 5.97 Å². The second-order valence-electron chi connectivity index (χ2n) is 20.6. The van der Waals surface area contributed by atoms with E-state index in [0.29, 0.717) is 25.8 Å². The minimum Gasteiger partial charge on any atom is -0.477 e. The molecule has 27 atom stereocenters. The van der Waals surface area contributed by atoms with E-state index >= 15 is 0 Å². The normalized spacial score (nSPS) is 41.3. The van der Waals surface area contributed by atoms with Crippen LogP contribution in [0.15, 0.2) is 0 Å². The zero-order valence-electron chi connectivity index (χ0n) is 44.9. The van der Waals surface area contributed by atoms with Crippen molar-refractivity contribution in [1.29, 1.82) is 0 Å². The molecule has 0 aromatic rings. The van der Waals surface area contributed by atoms with Gasteiger partial charge in [-0.25, -0.2) is 4.79 Å². The first-order valence-corrected chi connectivity index (χ1v) is 26.4. The van der Waals surface area contributed by atoms with E-state index in [2.05, 4.69) is 16.0 Å². The molecule has 8 unspecified atom stereocenters. The molecular weight excluding hydrogens is 1120 g/mol. The van der Waals surface area contributed by atoms with Crippen LogP contribution in [0.5, 0.6) is 0 Å². The molecule has 0 saturated carbocycles. The van der Waals surface area contributed by atoms with E-state index in [-0.39, 0.29) is 12.9 Å². The van der Waals surface area contributed by atoms with E-state index in [0.717, 1.165) is 20.8 Å². The summed E-state index contributed by atoms with van der Waals surface area (Å²) < 4.78 is 58.7. The van der Waals surface area contributed by atoms with Crippen molar-refractivity contribution in [2.75, 3.05) is 46.2 Å². The van der Waals surface area contributed by atoms with Crippen LogP contribution in [-0.4, -0.2) is 322 Å². The van der Waals surface area contributed by atoms with Gasteiger partial charge in [0.25, 0.3) is 5.79 Å². The number of carboxylic acid groups (broad SMARTS) is 1. The molecular formula is C47H80N4O31. The number of aliphatic hydroxyl groups excluding tert-OH is 15. The first-order chi connectivity index (χ1) is 38.7. The van der Waals surface area contributed by atoms with Crippen LogP contribution in [0.3, 0.4) is 0 Å². The minimum absolute atomic E-state index is 0.00815. The molecule has 0 aliphatic carbocycles. The molecule has 35 nitrogen and oxygen atoms in total. The lowest BCUT2D eigenvalue weighted by Gasteiger charge is -2.51. The molecule has 21 N–H and O–H groups in total. The summed E-state index contributed by atoms with van der Waals surface area (Å²) in [6.45, 7) is -2.13. The monoisotopic (exact) mass is 1200 g/mol. The second-order valence-corrected chi connectivity index (χ2v) is 20.6. The van der Waals surface area contributed by atoms with Crippen LogP contribution in [-0.2, 0) is 71.3 Å². The molecule has 474 valence electrons. The van der Waals surface area contributed by atoms with Crippen molar-refractivity contribution in [3.63, 3.8) is 0 Å². The van der Waals surface area contributed by atoms with Crippen LogP contribution >= 0.6 is 0 Å². The number of rotatable bonds is 28. The van der Waals surface area contributed by atoms with E-state index in [4.69, 9.17) is 53.1 Å². The smallest absolute Gasteiger partial charge is 0.364 e. The van der Waals surface area contributed by atoms with Crippen molar-refractivity contribution < 1.29 is 153 Å². The summed E-state index contributed by atoms with van der Waals surface area (Å²) in [5, 5.41) is 182. The molecule has 5 aliphatic heterocycles. The maximum atomic E-state index is 13.2. The first kappa shape index (κ1) is 69.3. The minimum atomic E-state index is -3.26. The Hall–Kier alpha value is -3.49. The van der Waals surface area contributed by atoms with Gasteiger partial charge < -0.3 is 151 Å². The average molecular weight is 1200 g/mol. The van der Waals surface area contributed by atoms with Gasteiger partial charge in [-0.1, -0.05) is 0 Å². The van der Waals surface area contributed by atoms with Gasteiger partial charge in [-0.2, -0.15) is 0 Å². The number of aldehydes is 1. The molecule has 5 fully saturated rings. The Balaban J connectivity index is 1.57. The molecule has 0 radical (unpaired) electrons. The molecule has 82 heavy (non-hydrogen) atoms. The highest BCUT2D eigenvalue weighted by Gasteiger charge is 2.61. The number of hydrogen-bond donors (Lipinski definition) is 20. The van der Waals surface area contributed by atoms with Crippen LogP contribution in [0.25, 0.3) is 0 Å². The quantitative estimate of drug-likeness (QED) is 0.0255. The summed E-state index contributed by atoms with van der Waals surface area (Å²) >= 11 is 0. The topological polar surface area (TPSA) is 563 Å². The number of ether oxygens (including phenoxy) is 10. The number of unbranched alkanes of at least 4 members (excludes halogenated alkanes) is 2. The van der Waals surface area contributed by atoms with Gasteiger partial charge in [0, 0.05) is 40.2 Å². The third kappa shape index (κ3) is 16.3. The van der Waals surface area contributed by atoms with Crippen molar-refractivity contribution in [2.24, 2.45) is 5.73 Å². The molecule has 5 saturated heterocycles. The summed E-state index contributed by atoms with van der Waals surface area (Å²) in [5.41, 5.74) is 5.58. The Bertz CT molecular complexity index is 2060. The number of hydrogen-bond acceptors (Lipinski definition) is 31. The van der Waals surface area contributed by atoms with Crippen molar-refractivity contribution in [1.82, 2.24) is 16.0 Å². The summed E-state index contributed by atoms with van der Waals surface area (Å²) in [6.07, 6.45) is -45.9. The highest BCUT2D eigenvalue weighted by atomic mass is 16.8. The van der Waals surface area contributed by atoms with Crippen LogP contribution in [0.1, 0.15) is 52.9 Å². The highest BCUT2D eigenvalue weighted by molar-refractivity contribution is 5.77. The van der Waals surface area contributed by atoms with Crippen LogP contribution < -0.4 is 21.7 Å². The Morgan fingerprint density at radius 3 is 1.60 bits per heavy atom. The molecule has 5 rings (SSSR count). The Morgan fingerprint density at radius 2 is 1.09 bits per heavy atom. The largest absolute Gasteiger partial charge is 0.477 e. The third-order valence-corrected chi connectivity index (χ3v) is 14.5. The van der Waals surface area contributed by atoms with E-state index in [1.165, 1.54) is 0 Å². The number of nitrogens with two attached hydrogens (primary N) is 1. The van der Waals surface area contributed by atoms with Crippen molar-refractivity contribution in [3.8, 4) is 0 Å². The lowest BCUT2D eigenvalue weighted by Crippen LogP contribution is -2.71. The van der Waals surface area contributed by atoms with E-state index in [1.54, 1.807) is 0 Å². The predicted molar refractivity (Wildman–Crippen MR) is 261 cm³/mol. The van der Waals surface area contributed by atoms with Gasteiger partial charge in [-0.15, -0.1) is 0 Å². The zero-order chi connectivity index (χ0) is 61.1. The lowest BCUT2D eigenvalue weighted by molar-refractivity contribution is -0.387. The fraction of sp³-hybridized carbons (Fsp3) is 0.894. The van der Waals surface area contributed by atoms with Gasteiger partial charge in [0.05, 0.1) is 57.3 Å². The number of nitrogens with one attached hydrogen (secondary N) is 3. The Morgan fingerprint density at radius 1 is 0.610 bits per heavy atom. The molecule has 5 aliphatic rings. The van der Waals surface area contributed by atoms with E-state index < -0.39 is 234 Å². The fourth-order valence-corrected chi connectivity index (χ4v) is 10.2. The standard InChI is InChI=1S/C47H80N4O31/c1-17(57)49-27-20(60)9-46(16-56,80-38(27)30(64)22(62)11-52)74-15-26-34(68)37(29(51-19(3)59)42(77-26)79-40-32(66)24(13-54)75-43(35(40)69)73-8-6-4-5-7-48)78-44-36(70)41(33(67)25(14-55)76-44)82-47(45(71)72)10-21(61)28(50-18(2)58)39(81-47)31(65)23(63)12-53/h16,20-44,52-55,60-70H,4-15,48H2,1-3H3,(H,49,57)(H,50,58)(H,51,59)(H,71,72)/t20-,21+,22-,23-,24?,25?,26?,27-,28+,29+,30-,31-,32+,33+,34-,35+,36+,37?,38?,39?,40?,41?,42+,43-,44+,46-,47-/m1/s1. The van der Waals surface area contributed by atoms with Gasteiger partial charge in [0.15, 0.2) is 25.2 Å². The summed E-state index contributed by atoms with van der Waals surface area (Å²) in [4.78, 5) is 63.6. The number of carbonyl (C=O) groups is 5. The van der Waals surface area contributed by atoms with Crippen LogP contribution in [0, 0.1) is 0 Å². The fourth-order valence-electron chi connectivity index (χ4n) is 10.2. The van der Waals surface area contributed by atoms with E-state index in [1.807, 2.05) is 0 Å². The molecule has 0 spiro atoms. The molecule has 0 aromatic heterocycles. The molecule has 5 heterocycles. The van der Waals surface area contributed by atoms with Gasteiger partial charge in [-0.05, 0) is 25.8 Å². The summed E-state index contributed by atoms with van der Waals surface area (Å²) in [7, 11) is 0. The van der Waals surface area contributed by atoms with Crippen molar-refractivity contribution >= 4 is 30.0 Å². The van der Waals surface area contributed by atoms with Crippen molar-refractivity contribution in [3.05, 3.63) is 0 Å². The number of aliphatic carboxylic acids is 1. The first-order valence-electron chi connectivity index (χ1n) is 26.4. The molecule has 3 amide bonds. The van der Waals surface area contributed by atoms with Crippen LogP contribution in [0.2, 0.25) is 0 Å². The predicted octanol–water partition coefficient (Wildman–Crippen LogP) is -11.8.